The highest BCUT2D eigenvalue weighted by molar-refractivity contribution is 7.88. The van der Waals surface area contributed by atoms with Crippen LogP contribution in [0.3, 0.4) is 0 Å². The van der Waals surface area contributed by atoms with Crippen molar-refractivity contribution in [2.45, 2.75) is 5.51 Å². The minimum atomic E-state index is -5.74. The number of hydrogen-bond donors (Lipinski definition) is 0. The first-order valence-corrected chi connectivity index (χ1v) is 7.81. The summed E-state index contributed by atoms with van der Waals surface area (Å²) in [4.78, 5) is 0. The molecule has 0 N–H and O–H groups in total. The zero-order chi connectivity index (χ0) is 17.1. The number of hydrogen-bond acceptors (Lipinski definition) is 5. The first kappa shape index (κ1) is 17.4. The van der Waals surface area contributed by atoms with Crippen LogP contribution in [0.25, 0.3) is 10.8 Å². The monoisotopic (exact) mass is 350 g/mol. The molecule has 0 unspecified atom stereocenters. The van der Waals surface area contributed by atoms with E-state index in [0.29, 0.717) is 17.7 Å². The highest BCUT2D eigenvalue weighted by atomic mass is 32.2. The second kappa shape index (κ2) is 6.63. The van der Waals surface area contributed by atoms with Crippen LogP contribution in [-0.4, -0.2) is 34.2 Å². The summed E-state index contributed by atoms with van der Waals surface area (Å²) in [5, 5.41) is 0.619. The second-order valence-corrected chi connectivity index (χ2v) is 5.97. The van der Waals surface area contributed by atoms with Crippen molar-refractivity contribution < 1.29 is 35.2 Å². The van der Waals surface area contributed by atoms with Crippen LogP contribution in [0.4, 0.5) is 13.2 Å². The molecule has 0 radical (unpaired) electrons. The molecule has 0 saturated heterocycles. The van der Waals surface area contributed by atoms with Gasteiger partial charge in [0.2, 0.25) is 0 Å². The van der Waals surface area contributed by atoms with E-state index in [4.69, 9.17) is 9.47 Å². The molecule has 0 fully saturated rings. The van der Waals surface area contributed by atoms with Crippen LogP contribution >= 0.6 is 0 Å². The normalized spacial score (nSPS) is 12.3. The Morgan fingerprint density at radius 1 is 0.957 bits per heavy atom. The van der Waals surface area contributed by atoms with Gasteiger partial charge >= 0.3 is 15.6 Å². The zero-order valence-electron chi connectivity index (χ0n) is 12.0. The molecular weight excluding hydrogens is 337 g/mol. The largest absolute Gasteiger partial charge is 0.534 e. The molecule has 0 amide bonds. The van der Waals surface area contributed by atoms with Crippen molar-refractivity contribution in [3.8, 4) is 11.5 Å². The molecule has 0 spiro atoms. The van der Waals surface area contributed by atoms with Crippen LogP contribution in [0.5, 0.6) is 11.5 Å². The van der Waals surface area contributed by atoms with E-state index in [1.54, 1.807) is 12.1 Å². The van der Waals surface area contributed by atoms with Crippen LogP contribution in [0.1, 0.15) is 0 Å². The molecule has 0 aliphatic rings. The number of halogens is 3. The van der Waals surface area contributed by atoms with Crippen molar-refractivity contribution in [3.05, 3.63) is 36.4 Å². The van der Waals surface area contributed by atoms with Gasteiger partial charge in [0, 0.05) is 17.9 Å². The Morgan fingerprint density at radius 3 is 2.09 bits per heavy atom. The number of alkyl halides is 3. The van der Waals surface area contributed by atoms with E-state index in [9.17, 15) is 21.6 Å². The van der Waals surface area contributed by atoms with Gasteiger partial charge < -0.3 is 13.7 Å². The molecule has 0 atom stereocenters. The van der Waals surface area contributed by atoms with Gasteiger partial charge in [0.25, 0.3) is 0 Å². The molecule has 0 aliphatic carbocycles. The molecule has 5 nitrogen and oxygen atoms in total. The lowest BCUT2D eigenvalue weighted by molar-refractivity contribution is -0.0499. The maximum absolute atomic E-state index is 12.5. The fourth-order valence-corrected chi connectivity index (χ4v) is 2.33. The van der Waals surface area contributed by atoms with E-state index in [0.717, 1.165) is 6.07 Å². The maximum atomic E-state index is 12.5. The lowest BCUT2D eigenvalue weighted by atomic mass is 10.1. The number of ether oxygens (including phenoxy) is 2. The van der Waals surface area contributed by atoms with E-state index in [2.05, 4.69) is 4.18 Å². The van der Waals surface area contributed by atoms with E-state index in [-0.39, 0.29) is 12.0 Å². The third kappa shape index (κ3) is 3.85. The standard InChI is InChI=1S/C14H13F3O5S/c1-20-8-9-21-12-6-2-5-11-10(12)4-3-7-13(11)22-23(18,19)14(15,16)17/h2-7H,8-9H2,1H3. The summed E-state index contributed by atoms with van der Waals surface area (Å²) in [7, 11) is -4.24. The fourth-order valence-electron chi connectivity index (χ4n) is 1.85. The maximum Gasteiger partial charge on any atom is 0.534 e. The van der Waals surface area contributed by atoms with E-state index in [1.165, 1.54) is 25.3 Å². The fraction of sp³-hybridized carbons (Fsp3) is 0.286. The van der Waals surface area contributed by atoms with Crippen LogP contribution < -0.4 is 8.92 Å². The smallest absolute Gasteiger partial charge is 0.491 e. The molecule has 2 rings (SSSR count). The first-order valence-electron chi connectivity index (χ1n) is 6.40. The van der Waals surface area contributed by atoms with Gasteiger partial charge in [0.05, 0.1) is 6.61 Å². The minimum absolute atomic E-state index is 0.190. The van der Waals surface area contributed by atoms with Crippen molar-refractivity contribution >= 4 is 20.9 Å². The average molecular weight is 350 g/mol. The summed E-state index contributed by atoms with van der Waals surface area (Å²) >= 11 is 0. The van der Waals surface area contributed by atoms with Gasteiger partial charge in [-0.05, 0) is 12.1 Å². The molecule has 0 saturated carbocycles. The first-order chi connectivity index (χ1) is 10.8. The van der Waals surface area contributed by atoms with E-state index in [1.807, 2.05) is 0 Å². The van der Waals surface area contributed by atoms with Crippen LogP contribution in [0, 0.1) is 0 Å². The Morgan fingerprint density at radius 2 is 1.52 bits per heavy atom. The summed E-state index contributed by atoms with van der Waals surface area (Å²) in [6.45, 7) is 0.566. The SMILES string of the molecule is COCCOc1cccc2c(OS(=O)(=O)C(F)(F)F)cccc12. The highest BCUT2D eigenvalue weighted by Gasteiger charge is 2.48. The van der Waals surface area contributed by atoms with Gasteiger partial charge in [-0.15, -0.1) is 0 Å². The summed E-state index contributed by atoms with van der Waals surface area (Å²) in [5.41, 5.74) is -5.50. The Bertz CT molecular complexity index is 787. The Hall–Kier alpha value is -2.00. The van der Waals surface area contributed by atoms with Gasteiger partial charge in [0.1, 0.15) is 12.4 Å². The molecule has 0 bridgehead atoms. The van der Waals surface area contributed by atoms with Crippen molar-refractivity contribution in [1.82, 2.24) is 0 Å². The topological polar surface area (TPSA) is 61.8 Å². The molecule has 126 valence electrons. The van der Waals surface area contributed by atoms with Crippen molar-refractivity contribution in [2.24, 2.45) is 0 Å². The number of fused-ring (bicyclic) bond motifs is 1. The van der Waals surface area contributed by atoms with E-state index < -0.39 is 21.4 Å². The molecule has 0 aliphatic heterocycles. The van der Waals surface area contributed by atoms with Crippen LogP contribution in [0.2, 0.25) is 0 Å². The predicted molar refractivity (Wildman–Crippen MR) is 76.9 cm³/mol. The predicted octanol–water partition coefficient (Wildman–Crippen LogP) is 3.09. The van der Waals surface area contributed by atoms with Gasteiger partial charge in [-0.25, -0.2) is 0 Å². The summed E-state index contributed by atoms with van der Waals surface area (Å²) in [5.74, 6) is -0.0357. The summed E-state index contributed by atoms with van der Waals surface area (Å²) < 4.78 is 74.2. The molecule has 0 aromatic heterocycles. The molecule has 2 aromatic rings. The van der Waals surface area contributed by atoms with Gasteiger partial charge in [-0.2, -0.15) is 21.6 Å². The molecule has 23 heavy (non-hydrogen) atoms. The summed E-state index contributed by atoms with van der Waals surface area (Å²) in [6.07, 6.45) is 0. The molecule has 2 aromatic carbocycles. The highest BCUT2D eigenvalue weighted by Crippen LogP contribution is 2.35. The van der Waals surface area contributed by atoms with Crippen molar-refractivity contribution in [2.75, 3.05) is 20.3 Å². The Kier molecular flexibility index (Phi) is 5.00. The third-order valence-electron chi connectivity index (χ3n) is 2.87. The van der Waals surface area contributed by atoms with Crippen LogP contribution in [0.15, 0.2) is 36.4 Å². The average Bonchev–Trinajstić information content (AvgIpc) is 2.47. The molecule has 9 heteroatoms. The Labute approximate surface area is 130 Å². The molecule has 0 heterocycles. The number of rotatable bonds is 6. The number of benzene rings is 2. The zero-order valence-corrected chi connectivity index (χ0v) is 12.8. The summed E-state index contributed by atoms with van der Waals surface area (Å²) in [6, 6.07) is 8.69. The second-order valence-electron chi connectivity index (χ2n) is 4.43. The van der Waals surface area contributed by atoms with Crippen molar-refractivity contribution in [3.63, 3.8) is 0 Å². The van der Waals surface area contributed by atoms with Gasteiger partial charge in [0.15, 0.2) is 5.75 Å². The lowest BCUT2D eigenvalue weighted by Gasteiger charge is -2.13. The minimum Gasteiger partial charge on any atom is -0.491 e. The third-order valence-corrected chi connectivity index (χ3v) is 3.84. The van der Waals surface area contributed by atoms with Gasteiger partial charge in [-0.3, -0.25) is 0 Å². The Balaban J connectivity index is 2.41. The van der Waals surface area contributed by atoms with Crippen LogP contribution in [-0.2, 0) is 14.9 Å². The lowest BCUT2D eigenvalue weighted by Crippen LogP contribution is -2.28. The molecular formula is C14H13F3O5S. The van der Waals surface area contributed by atoms with E-state index >= 15 is 0 Å². The van der Waals surface area contributed by atoms with Gasteiger partial charge in [-0.1, -0.05) is 24.3 Å². The number of methoxy groups -OCH3 is 1. The quantitative estimate of drug-likeness (QED) is 0.455. The van der Waals surface area contributed by atoms with Crippen molar-refractivity contribution in [1.29, 1.82) is 0 Å².